The van der Waals surface area contributed by atoms with Gasteiger partial charge in [-0.25, -0.2) is 4.98 Å². The van der Waals surface area contributed by atoms with E-state index in [0.717, 1.165) is 0 Å². The maximum absolute atomic E-state index is 5.65. The van der Waals surface area contributed by atoms with Crippen molar-refractivity contribution in [2.24, 2.45) is 0 Å². The van der Waals surface area contributed by atoms with Gasteiger partial charge >= 0.3 is 0 Å². The molecular weight excluding hydrogens is 262 g/mol. The normalized spacial score (nSPS) is 10.7. The maximum Gasteiger partial charge on any atom is 0.241 e. The fourth-order valence-electron chi connectivity index (χ4n) is 1.43. The van der Waals surface area contributed by atoms with Gasteiger partial charge in [0.15, 0.2) is 0 Å². The molecule has 108 valence electrons. The summed E-state index contributed by atoms with van der Waals surface area (Å²) in [5.41, 5.74) is 5.65. The molecule has 0 aliphatic rings. The average molecular weight is 279 g/mol. The lowest BCUT2D eigenvalue weighted by molar-refractivity contribution is 0.0759. The number of anilines is 2. The fraction of sp³-hybridized carbons (Fsp3) is 0.455. The monoisotopic (exact) mass is 279 g/mol. The molecule has 0 saturated carbocycles. The van der Waals surface area contributed by atoms with Crippen molar-refractivity contribution >= 4 is 11.9 Å². The number of aromatic nitrogens is 5. The van der Waals surface area contributed by atoms with Crippen LogP contribution < -0.4 is 11.1 Å². The zero-order valence-corrected chi connectivity index (χ0v) is 11.2. The molecule has 20 heavy (non-hydrogen) atoms. The average Bonchev–Trinajstić information content (AvgIpc) is 2.96. The first-order chi connectivity index (χ1) is 9.79. The second-order valence-corrected chi connectivity index (χ2v) is 3.82. The Bertz CT molecular complexity index is 517. The van der Waals surface area contributed by atoms with Gasteiger partial charge in [-0.3, -0.25) is 4.57 Å². The molecule has 0 aliphatic heterocycles. The van der Waals surface area contributed by atoms with Crippen LogP contribution in [-0.4, -0.2) is 58.0 Å². The van der Waals surface area contributed by atoms with Crippen LogP contribution in [0.2, 0.25) is 0 Å². The molecule has 2 aromatic rings. The van der Waals surface area contributed by atoms with Gasteiger partial charge < -0.3 is 20.5 Å². The number of hydrogen-bond acceptors (Lipinski definition) is 8. The Labute approximate surface area is 116 Å². The number of nitrogens with two attached hydrogens (primary N) is 1. The number of nitrogen functional groups attached to an aromatic ring is 1. The fourth-order valence-corrected chi connectivity index (χ4v) is 1.43. The molecule has 0 spiro atoms. The van der Waals surface area contributed by atoms with Crippen LogP contribution in [0.3, 0.4) is 0 Å². The molecule has 0 aliphatic carbocycles. The minimum Gasteiger partial charge on any atom is -0.382 e. The summed E-state index contributed by atoms with van der Waals surface area (Å²) in [4.78, 5) is 16.2. The molecule has 2 heterocycles. The second kappa shape index (κ2) is 7.36. The lowest BCUT2D eigenvalue weighted by Gasteiger charge is -2.07. The van der Waals surface area contributed by atoms with Crippen LogP contribution in [-0.2, 0) is 9.47 Å². The van der Waals surface area contributed by atoms with Crippen LogP contribution in [0.15, 0.2) is 18.7 Å². The van der Waals surface area contributed by atoms with Crippen LogP contribution in [0.1, 0.15) is 0 Å². The molecular formula is C11H17N7O2. The van der Waals surface area contributed by atoms with E-state index in [0.29, 0.717) is 38.3 Å². The number of rotatable bonds is 8. The third-order valence-electron chi connectivity index (χ3n) is 2.34. The van der Waals surface area contributed by atoms with Gasteiger partial charge in [-0.1, -0.05) is 0 Å². The molecule has 2 rings (SSSR count). The van der Waals surface area contributed by atoms with Gasteiger partial charge in [0.25, 0.3) is 0 Å². The first kappa shape index (κ1) is 14.2. The highest BCUT2D eigenvalue weighted by molar-refractivity contribution is 5.34. The first-order valence-corrected chi connectivity index (χ1v) is 6.10. The third-order valence-corrected chi connectivity index (χ3v) is 2.34. The van der Waals surface area contributed by atoms with Crippen LogP contribution >= 0.6 is 0 Å². The largest absolute Gasteiger partial charge is 0.382 e. The Morgan fingerprint density at radius 1 is 1.25 bits per heavy atom. The van der Waals surface area contributed by atoms with E-state index in [1.165, 1.54) is 0 Å². The number of imidazole rings is 1. The zero-order valence-electron chi connectivity index (χ0n) is 11.2. The second-order valence-electron chi connectivity index (χ2n) is 3.82. The van der Waals surface area contributed by atoms with Gasteiger partial charge in [0.2, 0.25) is 17.8 Å². The van der Waals surface area contributed by atoms with Crippen molar-refractivity contribution in [3.05, 3.63) is 18.7 Å². The van der Waals surface area contributed by atoms with Gasteiger partial charge in [0.1, 0.15) is 6.33 Å². The van der Waals surface area contributed by atoms with Gasteiger partial charge in [0, 0.05) is 26.0 Å². The van der Waals surface area contributed by atoms with Crippen molar-refractivity contribution in [3.8, 4) is 5.95 Å². The van der Waals surface area contributed by atoms with E-state index >= 15 is 0 Å². The predicted octanol–water partition coefficient (Wildman–Crippen LogP) is -0.286. The SMILES string of the molecule is COCCOCCNc1nc(N)nc(-n2ccnc2)n1. The first-order valence-electron chi connectivity index (χ1n) is 6.10. The molecule has 9 heteroatoms. The molecule has 0 aromatic carbocycles. The van der Waals surface area contributed by atoms with E-state index in [2.05, 4.69) is 25.3 Å². The van der Waals surface area contributed by atoms with E-state index in [4.69, 9.17) is 15.2 Å². The summed E-state index contributed by atoms with van der Waals surface area (Å²) >= 11 is 0. The molecule has 2 aromatic heterocycles. The molecule has 0 unspecified atom stereocenters. The standard InChI is InChI=1S/C11H17N7O2/c1-19-6-7-20-5-3-14-10-15-9(12)16-11(17-10)18-4-2-13-8-18/h2,4,8H,3,5-7H2,1H3,(H3,12,14,15,16,17). The number of nitrogens with zero attached hydrogens (tertiary/aromatic N) is 5. The molecule has 3 N–H and O–H groups in total. The Hall–Kier alpha value is -2.26. The van der Waals surface area contributed by atoms with E-state index in [9.17, 15) is 0 Å². The summed E-state index contributed by atoms with van der Waals surface area (Å²) in [6.07, 6.45) is 4.95. The maximum atomic E-state index is 5.65. The summed E-state index contributed by atoms with van der Waals surface area (Å²) < 4.78 is 11.9. The van der Waals surface area contributed by atoms with E-state index in [1.54, 1.807) is 30.4 Å². The summed E-state index contributed by atoms with van der Waals surface area (Å²) in [6, 6.07) is 0. The highest BCUT2D eigenvalue weighted by atomic mass is 16.5. The van der Waals surface area contributed by atoms with Crippen LogP contribution in [0, 0.1) is 0 Å². The van der Waals surface area contributed by atoms with Crippen LogP contribution in [0.5, 0.6) is 0 Å². The van der Waals surface area contributed by atoms with Gasteiger partial charge in [-0.2, -0.15) is 15.0 Å². The molecule has 0 amide bonds. The van der Waals surface area contributed by atoms with Crippen molar-refractivity contribution in [1.82, 2.24) is 24.5 Å². The Morgan fingerprint density at radius 2 is 2.15 bits per heavy atom. The summed E-state index contributed by atoms with van der Waals surface area (Å²) in [5, 5.41) is 3.02. The van der Waals surface area contributed by atoms with Gasteiger partial charge in [-0.15, -0.1) is 0 Å². The molecule has 0 saturated heterocycles. The predicted molar refractivity (Wildman–Crippen MR) is 72.5 cm³/mol. The van der Waals surface area contributed by atoms with Crippen molar-refractivity contribution < 1.29 is 9.47 Å². The van der Waals surface area contributed by atoms with E-state index < -0.39 is 0 Å². The van der Waals surface area contributed by atoms with Crippen molar-refractivity contribution in [2.45, 2.75) is 0 Å². The van der Waals surface area contributed by atoms with Crippen molar-refractivity contribution in [1.29, 1.82) is 0 Å². The van der Waals surface area contributed by atoms with Crippen LogP contribution in [0.4, 0.5) is 11.9 Å². The van der Waals surface area contributed by atoms with Gasteiger partial charge in [-0.05, 0) is 0 Å². The Balaban J connectivity index is 1.88. The molecule has 0 radical (unpaired) electrons. The Morgan fingerprint density at radius 3 is 2.90 bits per heavy atom. The number of nitrogens with one attached hydrogen (secondary N) is 1. The van der Waals surface area contributed by atoms with E-state index in [1.807, 2.05) is 0 Å². The lowest BCUT2D eigenvalue weighted by Crippen LogP contribution is -2.15. The number of methoxy groups -OCH3 is 1. The highest BCUT2D eigenvalue weighted by Gasteiger charge is 2.05. The zero-order chi connectivity index (χ0) is 14.2. The number of ether oxygens (including phenoxy) is 2. The molecule has 0 fully saturated rings. The smallest absolute Gasteiger partial charge is 0.241 e. The minimum absolute atomic E-state index is 0.145. The quantitative estimate of drug-likeness (QED) is 0.634. The summed E-state index contributed by atoms with van der Waals surface area (Å²) in [5.74, 6) is 0.959. The molecule has 9 nitrogen and oxygen atoms in total. The number of hydrogen-bond donors (Lipinski definition) is 2. The van der Waals surface area contributed by atoms with E-state index in [-0.39, 0.29) is 5.95 Å². The molecule has 0 bridgehead atoms. The van der Waals surface area contributed by atoms with Crippen molar-refractivity contribution in [3.63, 3.8) is 0 Å². The molecule has 0 atom stereocenters. The third kappa shape index (κ3) is 4.14. The van der Waals surface area contributed by atoms with Crippen LogP contribution in [0.25, 0.3) is 5.95 Å². The summed E-state index contributed by atoms with van der Waals surface area (Å²) in [6.45, 7) is 2.22. The summed E-state index contributed by atoms with van der Waals surface area (Å²) in [7, 11) is 1.63. The highest BCUT2D eigenvalue weighted by Crippen LogP contribution is 2.06. The Kier molecular flexibility index (Phi) is 5.21. The minimum atomic E-state index is 0.145. The van der Waals surface area contributed by atoms with Crippen molar-refractivity contribution in [2.75, 3.05) is 44.5 Å². The van der Waals surface area contributed by atoms with Gasteiger partial charge in [0.05, 0.1) is 19.8 Å². The topological polar surface area (TPSA) is 113 Å². The lowest BCUT2D eigenvalue weighted by atomic mass is 10.6.